The zero-order valence-corrected chi connectivity index (χ0v) is 11.4. The summed E-state index contributed by atoms with van der Waals surface area (Å²) in [7, 11) is 0. The fraction of sp³-hybridized carbons (Fsp3) is 0.500. The van der Waals surface area contributed by atoms with Crippen molar-refractivity contribution < 1.29 is 23.1 Å². The lowest BCUT2D eigenvalue weighted by Crippen LogP contribution is -2.41. The van der Waals surface area contributed by atoms with Crippen LogP contribution in [-0.4, -0.2) is 35.2 Å². The molecule has 0 saturated carbocycles. The molecule has 1 fully saturated rings. The van der Waals surface area contributed by atoms with E-state index in [0.29, 0.717) is 18.5 Å². The van der Waals surface area contributed by atoms with Crippen LogP contribution in [0.4, 0.5) is 18.9 Å². The molecule has 116 valence electrons. The maximum Gasteiger partial charge on any atom is 0.393 e. The minimum atomic E-state index is -4.20. The molecule has 0 bridgehead atoms. The number of piperidine rings is 1. The van der Waals surface area contributed by atoms with Gasteiger partial charge in [-0.15, -0.1) is 0 Å². The molecule has 1 unspecified atom stereocenters. The number of anilines is 1. The number of benzene rings is 1. The highest BCUT2D eigenvalue weighted by Gasteiger charge is 2.41. The Balaban J connectivity index is 2.15. The first-order valence-corrected chi connectivity index (χ1v) is 6.68. The number of carbonyl (C=O) groups is 1. The minimum absolute atomic E-state index is 0.0216. The Morgan fingerprint density at radius 1 is 1.43 bits per heavy atom. The molecule has 1 atom stereocenters. The first kappa shape index (κ1) is 15.6. The lowest BCUT2D eigenvalue weighted by Gasteiger charge is -2.34. The third-order valence-electron chi connectivity index (χ3n) is 3.76. The predicted octanol–water partition coefficient (Wildman–Crippen LogP) is 2.74. The van der Waals surface area contributed by atoms with E-state index in [1.807, 2.05) is 0 Å². The second-order valence-corrected chi connectivity index (χ2v) is 5.30. The van der Waals surface area contributed by atoms with Crippen LogP contribution in [-0.2, 0) is 6.54 Å². The number of hydrogen-bond donors (Lipinski definition) is 2. The molecule has 0 amide bonds. The molecule has 1 heterocycles. The normalized spacial score (nSPS) is 20.4. The van der Waals surface area contributed by atoms with Crippen molar-refractivity contribution in [3.8, 4) is 0 Å². The lowest BCUT2D eigenvalue weighted by molar-refractivity contribution is -0.187. The molecule has 1 aromatic rings. The van der Waals surface area contributed by atoms with E-state index in [0.717, 1.165) is 0 Å². The van der Waals surface area contributed by atoms with Gasteiger partial charge < -0.3 is 10.8 Å². The highest BCUT2D eigenvalue weighted by atomic mass is 19.4. The van der Waals surface area contributed by atoms with E-state index >= 15 is 0 Å². The third-order valence-corrected chi connectivity index (χ3v) is 3.76. The number of carboxylic acid groups (broad SMARTS) is 1. The Kier molecular flexibility index (Phi) is 4.41. The molecule has 7 heteroatoms. The molecule has 1 aliphatic heterocycles. The fourth-order valence-electron chi connectivity index (χ4n) is 2.72. The lowest BCUT2D eigenvalue weighted by atomic mass is 9.96. The van der Waals surface area contributed by atoms with Crippen LogP contribution in [0.15, 0.2) is 18.2 Å². The van der Waals surface area contributed by atoms with E-state index < -0.39 is 18.1 Å². The van der Waals surface area contributed by atoms with E-state index in [9.17, 15) is 23.1 Å². The predicted molar refractivity (Wildman–Crippen MR) is 71.9 cm³/mol. The number of likely N-dealkylation sites (tertiary alicyclic amines) is 1. The smallest absolute Gasteiger partial charge is 0.393 e. The van der Waals surface area contributed by atoms with Crippen LogP contribution >= 0.6 is 0 Å². The van der Waals surface area contributed by atoms with Crippen LogP contribution in [0.5, 0.6) is 0 Å². The van der Waals surface area contributed by atoms with Crippen molar-refractivity contribution in [2.24, 2.45) is 5.92 Å². The standard InChI is InChI=1S/C14H17F3N2O2/c15-14(16,17)10-4-2-6-19(8-10)7-9-3-1-5-11(18)12(9)13(20)21/h1,3,5,10H,2,4,6-8,18H2,(H,20,21). The number of alkyl halides is 3. The zero-order valence-electron chi connectivity index (χ0n) is 11.4. The van der Waals surface area contributed by atoms with E-state index in [1.165, 1.54) is 6.07 Å². The number of nitrogens with zero attached hydrogens (tertiary/aromatic N) is 1. The molecule has 1 saturated heterocycles. The summed E-state index contributed by atoms with van der Waals surface area (Å²) in [6, 6.07) is 4.68. The Hall–Kier alpha value is -1.76. The SMILES string of the molecule is Nc1cccc(CN2CCCC(C(F)(F)F)C2)c1C(=O)O. The average molecular weight is 302 g/mol. The number of rotatable bonds is 3. The molecule has 0 spiro atoms. The molecule has 4 nitrogen and oxygen atoms in total. The topological polar surface area (TPSA) is 66.6 Å². The van der Waals surface area contributed by atoms with Crippen molar-refractivity contribution in [2.75, 3.05) is 18.8 Å². The number of aromatic carboxylic acids is 1. The van der Waals surface area contributed by atoms with Gasteiger partial charge in [-0.25, -0.2) is 4.79 Å². The molecule has 1 aromatic carbocycles. The molecule has 3 N–H and O–H groups in total. The summed E-state index contributed by atoms with van der Waals surface area (Å²) < 4.78 is 38.4. The maximum atomic E-state index is 12.8. The Morgan fingerprint density at radius 3 is 2.76 bits per heavy atom. The van der Waals surface area contributed by atoms with Crippen molar-refractivity contribution >= 4 is 11.7 Å². The number of nitrogen functional groups attached to an aromatic ring is 1. The summed E-state index contributed by atoms with van der Waals surface area (Å²) in [5.74, 6) is -2.51. The molecular weight excluding hydrogens is 285 g/mol. The van der Waals surface area contributed by atoms with E-state index in [-0.39, 0.29) is 30.8 Å². The second-order valence-electron chi connectivity index (χ2n) is 5.30. The highest BCUT2D eigenvalue weighted by molar-refractivity contribution is 5.95. The van der Waals surface area contributed by atoms with Gasteiger partial charge in [-0.2, -0.15) is 13.2 Å². The second kappa shape index (κ2) is 5.93. The Labute approximate surface area is 120 Å². The van der Waals surface area contributed by atoms with Crippen molar-refractivity contribution in [1.29, 1.82) is 0 Å². The highest BCUT2D eigenvalue weighted by Crippen LogP contribution is 2.33. The van der Waals surface area contributed by atoms with Crippen LogP contribution in [0.25, 0.3) is 0 Å². The number of hydrogen-bond acceptors (Lipinski definition) is 3. The van der Waals surface area contributed by atoms with E-state index in [2.05, 4.69) is 0 Å². The van der Waals surface area contributed by atoms with Gasteiger partial charge in [0, 0.05) is 18.8 Å². The third kappa shape index (κ3) is 3.66. The summed E-state index contributed by atoms with van der Waals surface area (Å²) >= 11 is 0. The summed E-state index contributed by atoms with van der Waals surface area (Å²) in [5.41, 5.74) is 6.20. The van der Waals surface area contributed by atoms with Crippen LogP contribution < -0.4 is 5.73 Å². The average Bonchev–Trinajstić information content (AvgIpc) is 2.37. The molecule has 2 rings (SSSR count). The summed E-state index contributed by atoms with van der Waals surface area (Å²) in [6.07, 6.45) is -3.62. The van der Waals surface area contributed by atoms with Gasteiger partial charge in [0.15, 0.2) is 0 Å². The van der Waals surface area contributed by atoms with Crippen molar-refractivity contribution in [3.63, 3.8) is 0 Å². The Morgan fingerprint density at radius 2 is 2.14 bits per heavy atom. The monoisotopic (exact) mass is 302 g/mol. The molecule has 1 aliphatic rings. The molecular formula is C14H17F3N2O2. The van der Waals surface area contributed by atoms with Gasteiger partial charge in [-0.1, -0.05) is 12.1 Å². The van der Waals surface area contributed by atoms with Crippen LogP contribution in [0.1, 0.15) is 28.8 Å². The Bertz CT molecular complexity index is 531. The van der Waals surface area contributed by atoms with Gasteiger partial charge in [0.05, 0.1) is 11.5 Å². The molecule has 0 aromatic heterocycles. The maximum absolute atomic E-state index is 12.8. The number of halogens is 3. The van der Waals surface area contributed by atoms with E-state index in [4.69, 9.17) is 5.73 Å². The van der Waals surface area contributed by atoms with Crippen LogP contribution in [0.2, 0.25) is 0 Å². The molecule has 0 radical (unpaired) electrons. The van der Waals surface area contributed by atoms with Gasteiger partial charge in [-0.05, 0) is 31.0 Å². The summed E-state index contributed by atoms with van der Waals surface area (Å²) in [4.78, 5) is 12.9. The number of carboxylic acids is 1. The van der Waals surface area contributed by atoms with Gasteiger partial charge in [0.25, 0.3) is 0 Å². The quantitative estimate of drug-likeness (QED) is 0.843. The van der Waals surface area contributed by atoms with Crippen molar-refractivity contribution in [2.45, 2.75) is 25.6 Å². The minimum Gasteiger partial charge on any atom is -0.478 e. The first-order chi connectivity index (χ1) is 9.79. The fourth-order valence-corrected chi connectivity index (χ4v) is 2.72. The number of nitrogens with two attached hydrogens (primary N) is 1. The summed E-state index contributed by atoms with van der Waals surface area (Å²) in [5, 5.41) is 9.18. The van der Waals surface area contributed by atoms with Crippen LogP contribution in [0.3, 0.4) is 0 Å². The van der Waals surface area contributed by atoms with Crippen molar-refractivity contribution in [1.82, 2.24) is 4.90 Å². The van der Waals surface area contributed by atoms with Gasteiger partial charge in [0.1, 0.15) is 0 Å². The van der Waals surface area contributed by atoms with Gasteiger partial charge in [-0.3, -0.25) is 4.90 Å². The largest absolute Gasteiger partial charge is 0.478 e. The van der Waals surface area contributed by atoms with Crippen molar-refractivity contribution in [3.05, 3.63) is 29.3 Å². The van der Waals surface area contributed by atoms with Gasteiger partial charge in [0.2, 0.25) is 0 Å². The molecule has 21 heavy (non-hydrogen) atoms. The zero-order chi connectivity index (χ0) is 15.6. The van der Waals surface area contributed by atoms with E-state index in [1.54, 1.807) is 17.0 Å². The van der Waals surface area contributed by atoms with Crippen LogP contribution in [0, 0.1) is 5.92 Å². The molecule has 0 aliphatic carbocycles. The summed E-state index contributed by atoms with van der Waals surface area (Å²) in [6.45, 7) is 0.594. The first-order valence-electron chi connectivity index (χ1n) is 6.68. The van der Waals surface area contributed by atoms with Gasteiger partial charge >= 0.3 is 12.1 Å².